The van der Waals surface area contributed by atoms with E-state index in [1.165, 1.54) is 0 Å². The first-order valence-electron chi connectivity index (χ1n) is 6.33. The van der Waals surface area contributed by atoms with Crippen molar-refractivity contribution in [2.75, 3.05) is 7.11 Å². The SMILES string of the molecule is CCn1ccnc1C(NN)c1cc(C)ccc1OC. The molecule has 5 nitrogen and oxygen atoms in total. The van der Waals surface area contributed by atoms with Crippen molar-refractivity contribution in [1.29, 1.82) is 0 Å². The van der Waals surface area contributed by atoms with Crippen LogP contribution in [0.3, 0.4) is 0 Å². The molecule has 1 heterocycles. The highest BCUT2D eigenvalue weighted by Crippen LogP contribution is 2.29. The molecule has 2 rings (SSSR count). The smallest absolute Gasteiger partial charge is 0.131 e. The molecule has 1 aromatic carbocycles. The minimum Gasteiger partial charge on any atom is -0.496 e. The molecule has 0 bridgehead atoms. The third-order valence-corrected chi connectivity index (χ3v) is 3.21. The minimum absolute atomic E-state index is 0.190. The molecule has 1 unspecified atom stereocenters. The normalized spacial score (nSPS) is 12.4. The molecular formula is C14H20N4O. The van der Waals surface area contributed by atoms with E-state index in [2.05, 4.69) is 28.0 Å². The van der Waals surface area contributed by atoms with Crippen LogP contribution in [-0.2, 0) is 6.54 Å². The molecular weight excluding hydrogens is 240 g/mol. The van der Waals surface area contributed by atoms with E-state index in [0.29, 0.717) is 0 Å². The number of nitrogens with one attached hydrogen (secondary N) is 1. The highest BCUT2D eigenvalue weighted by Gasteiger charge is 2.21. The Hall–Kier alpha value is -1.85. The summed E-state index contributed by atoms with van der Waals surface area (Å²) in [5.74, 6) is 7.42. The first kappa shape index (κ1) is 13.6. The molecule has 0 aliphatic rings. The van der Waals surface area contributed by atoms with Crippen LogP contribution in [0.15, 0.2) is 30.6 Å². The van der Waals surface area contributed by atoms with Crippen molar-refractivity contribution in [3.63, 3.8) is 0 Å². The van der Waals surface area contributed by atoms with Gasteiger partial charge in [0.1, 0.15) is 17.6 Å². The van der Waals surface area contributed by atoms with Crippen LogP contribution in [0, 0.1) is 6.92 Å². The quantitative estimate of drug-likeness (QED) is 0.635. The van der Waals surface area contributed by atoms with E-state index in [9.17, 15) is 0 Å². The van der Waals surface area contributed by atoms with Gasteiger partial charge < -0.3 is 9.30 Å². The van der Waals surface area contributed by atoms with Crippen molar-refractivity contribution in [2.45, 2.75) is 26.4 Å². The number of imidazole rings is 1. The third kappa shape index (κ3) is 2.62. The average Bonchev–Trinajstić information content (AvgIpc) is 2.88. The number of hydrogen-bond acceptors (Lipinski definition) is 4. The van der Waals surface area contributed by atoms with Crippen molar-refractivity contribution in [2.24, 2.45) is 5.84 Å². The van der Waals surface area contributed by atoms with Crippen molar-refractivity contribution >= 4 is 0 Å². The number of rotatable bonds is 5. The van der Waals surface area contributed by atoms with Crippen LogP contribution >= 0.6 is 0 Å². The summed E-state index contributed by atoms with van der Waals surface area (Å²) in [4.78, 5) is 4.40. The maximum atomic E-state index is 5.73. The van der Waals surface area contributed by atoms with Crippen molar-refractivity contribution in [1.82, 2.24) is 15.0 Å². The molecule has 0 spiro atoms. The van der Waals surface area contributed by atoms with Gasteiger partial charge in [0.25, 0.3) is 0 Å². The first-order valence-corrected chi connectivity index (χ1v) is 6.33. The molecule has 0 aliphatic carbocycles. The van der Waals surface area contributed by atoms with Gasteiger partial charge in [-0.2, -0.15) is 0 Å². The zero-order valence-electron chi connectivity index (χ0n) is 11.6. The van der Waals surface area contributed by atoms with Gasteiger partial charge in [0.2, 0.25) is 0 Å². The van der Waals surface area contributed by atoms with Crippen LogP contribution in [0.4, 0.5) is 0 Å². The summed E-state index contributed by atoms with van der Waals surface area (Å²) < 4.78 is 7.48. The highest BCUT2D eigenvalue weighted by atomic mass is 16.5. The van der Waals surface area contributed by atoms with Crippen LogP contribution in [0.5, 0.6) is 5.75 Å². The lowest BCUT2D eigenvalue weighted by atomic mass is 10.0. The first-order chi connectivity index (χ1) is 9.21. The van der Waals surface area contributed by atoms with E-state index in [1.54, 1.807) is 13.3 Å². The van der Waals surface area contributed by atoms with Gasteiger partial charge >= 0.3 is 0 Å². The molecule has 102 valence electrons. The molecule has 0 radical (unpaired) electrons. The Morgan fingerprint density at radius 1 is 1.47 bits per heavy atom. The standard InChI is InChI=1S/C14H20N4O/c1-4-18-8-7-16-14(18)13(17-15)11-9-10(2)5-6-12(11)19-3/h5-9,13,17H,4,15H2,1-3H3. The Labute approximate surface area is 113 Å². The van der Waals surface area contributed by atoms with Gasteiger partial charge in [-0.1, -0.05) is 17.7 Å². The fourth-order valence-corrected chi connectivity index (χ4v) is 2.23. The summed E-state index contributed by atoms with van der Waals surface area (Å²) >= 11 is 0. The summed E-state index contributed by atoms with van der Waals surface area (Å²) in [5.41, 5.74) is 4.98. The van der Waals surface area contributed by atoms with Gasteiger partial charge in [0.05, 0.1) is 7.11 Å². The number of nitrogens with zero attached hydrogens (tertiary/aromatic N) is 2. The van der Waals surface area contributed by atoms with Crippen molar-refractivity contribution in [3.05, 3.63) is 47.5 Å². The van der Waals surface area contributed by atoms with Crippen LogP contribution in [0.25, 0.3) is 0 Å². The highest BCUT2D eigenvalue weighted by molar-refractivity contribution is 5.41. The van der Waals surface area contributed by atoms with E-state index >= 15 is 0 Å². The van der Waals surface area contributed by atoms with E-state index < -0.39 is 0 Å². The number of aryl methyl sites for hydroxylation is 2. The fraction of sp³-hybridized carbons (Fsp3) is 0.357. The van der Waals surface area contributed by atoms with Gasteiger partial charge in [-0.25, -0.2) is 10.4 Å². The molecule has 0 fully saturated rings. The number of ether oxygens (including phenoxy) is 1. The zero-order valence-corrected chi connectivity index (χ0v) is 11.6. The van der Waals surface area contributed by atoms with Gasteiger partial charge in [-0.3, -0.25) is 5.84 Å². The molecule has 0 aliphatic heterocycles. The Kier molecular flexibility index (Phi) is 4.19. The van der Waals surface area contributed by atoms with Crippen LogP contribution in [0.1, 0.15) is 29.9 Å². The molecule has 3 N–H and O–H groups in total. The Morgan fingerprint density at radius 3 is 2.89 bits per heavy atom. The largest absolute Gasteiger partial charge is 0.496 e. The lowest BCUT2D eigenvalue weighted by molar-refractivity contribution is 0.401. The monoisotopic (exact) mass is 260 g/mol. The molecule has 0 saturated carbocycles. The molecule has 2 aromatic rings. The number of methoxy groups -OCH3 is 1. The van der Waals surface area contributed by atoms with Crippen LogP contribution in [0.2, 0.25) is 0 Å². The second-order valence-corrected chi connectivity index (χ2v) is 4.42. The molecule has 19 heavy (non-hydrogen) atoms. The predicted octanol–water partition coefficient (Wildman–Crippen LogP) is 1.77. The average molecular weight is 260 g/mol. The third-order valence-electron chi connectivity index (χ3n) is 3.21. The minimum atomic E-state index is -0.190. The van der Waals surface area contributed by atoms with Crippen molar-refractivity contribution in [3.8, 4) is 5.75 Å². The van der Waals surface area contributed by atoms with Gasteiger partial charge in [0.15, 0.2) is 0 Å². The number of hydrogen-bond donors (Lipinski definition) is 2. The van der Waals surface area contributed by atoms with Gasteiger partial charge in [0, 0.05) is 24.5 Å². The Bertz CT molecular complexity index is 550. The number of aromatic nitrogens is 2. The summed E-state index contributed by atoms with van der Waals surface area (Å²) in [7, 11) is 1.66. The van der Waals surface area contributed by atoms with Crippen LogP contribution in [-0.4, -0.2) is 16.7 Å². The predicted molar refractivity (Wildman–Crippen MR) is 74.8 cm³/mol. The van der Waals surface area contributed by atoms with Crippen molar-refractivity contribution < 1.29 is 4.74 Å². The van der Waals surface area contributed by atoms with E-state index in [1.807, 2.05) is 25.3 Å². The molecule has 5 heteroatoms. The number of benzene rings is 1. The van der Waals surface area contributed by atoms with Gasteiger partial charge in [-0.15, -0.1) is 0 Å². The molecule has 0 amide bonds. The number of nitrogens with two attached hydrogens (primary N) is 1. The van der Waals surface area contributed by atoms with Gasteiger partial charge in [-0.05, 0) is 19.9 Å². The topological polar surface area (TPSA) is 65.1 Å². The van der Waals surface area contributed by atoms with Crippen LogP contribution < -0.4 is 16.0 Å². The second-order valence-electron chi connectivity index (χ2n) is 4.42. The lowest BCUT2D eigenvalue weighted by Crippen LogP contribution is -2.31. The summed E-state index contributed by atoms with van der Waals surface area (Å²) in [6.45, 7) is 4.97. The van der Waals surface area contributed by atoms with E-state index in [0.717, 1.165) is 29.2 Å². The second kappa shape index (κ2) is 5.86. The molecule has 1 atom stereocenters. The summed E-state index contributed by atoms with van der Waals surface area (Å²) in [6, 6.07) is 5.85. The Balaban J connectivity index is 2.50. The summed E-state index contributed by atoms with van der Waals surface area (Å²) in [6.07, 6.45) is 3.73. The lowest BCUT2D eigenvalue weighted by Gasteiger charge is -2.20. The zero-order chi connectivity index (χ0) is 13.8. The maximum Gasteiger partial charge on any atom is 0.131 e. The maximum absolute atomic E-state index is 5.73. The van der Waals surface area contributed by atoms with E-state index in [-0.39, 0.29) is 6.04 Å². The summed E-state index contributed by atoms with van der Waals surface area (Å²) in [5, 5.41) is 0. The Morgan fingerprint density at radius 2 is 2.26 bits per heavy atom. The number of hydrazine groups is 1. The molecule has 0 saturated heterocycles. The fourth-order valence-electron chi connectivity index (χ4n) is 2.23. The van der Waals surface area contributed by atoms with E-state index in [4.69, 9.17) is 10.6 Å². The molecule has 1 aromatic heterocycles.